The number of hydrogen-bond donors (Lipinski definition) is 1. The molecule has 2 aromatic rings. The van der Waals surface area contributed by atoms with E-state index in [-0.39, 0.29) is 11.9 Å². The number of nitrogens with one attached hydrogen (secondary N) is 1. The lowest BCUT2D eigenvalue weighted by Gasteiger charge is -2.07. The molecule has 1 amide bonds. The van der Waals surface area contributed by atoms with E-state index in [2.05, 4.69) is 10.3 Å². The summed E-state index contributed by atoms with van der Waals surface area (Å²) in [6, 6.07) is 19.1. The van der Waals surface area contributed by atoms with Crippen LogP contribution in [0.2, 0.25) is 0 Å². The quantitative estimate of drug-likeness (QED) is 0.939. The largest absolute Gasteiger partial charge is 0.324 e. The van der Waals surface area contributed by atoms with Crippen molar-refractivity contribution < 1.29 is 4.79 Å². The highest BCUT2D eigenvalue weighted by Gasteiger charge is 2.25. The van der Waals surface area contributed by atoms with Gasteiger partial charge in [0.05, 0.1) is 5.04 Å². The third kappa shape index (κ3) is 2.91. The van der Waals surface area contributed by atoms with Crippen LogP contribution in [0.25, 0.3) is 0 Å². The lowest BCUT2D eigenvalue weighted by molar-refractivity contribution is -0.116. The molecule has 0 saturated carbocycles. The molecule has 0 fully saturated rings. The summed E-state index contributed by atoms with van der Waals surface area (Å²) in [6.45, 7) is 0. The minimum Gasteiger partial charge on any atom is -0.324 e. The minimum absolute atomic E-state index is 0.0466. The Kier molecular flexibility index (Phi) is 3.83. The van der Waals surface area contributed by atoms with Crippen LogP contribution in [0.3, 0.4) is 0 Å². The molecule has 0 aromatic heterocycles. The zero-order chi connectivity index (χ0) is 13.8. The number of benzene rings is 2. The monoisotopic (exact) mass is 282 g/mol. The lowest BCUT2D eigenvalue weighted by Crippen LogP contribution is -2.26. The predicted octanol–water partition coefficient (Wildman–Crippen LogP) is 3.19. The first-order valence-corrected chi connectivity index (χ1v) is 7.43. The van der Waals surface area contributed by atoms with Gasteiger partial charge >= 0.3 is 0 Å². The summed E-state index contributed by atoms with van der Waals surface area (Å²) in [7, 11) is 0. The maximum absolute atomic E-state index is 12.2. The van der Waals surface area contributed by atoms with Crippen LogP contribution in [0.1, 0.15) is 5.56 Å². The predicted molar refractivity (Wildman–Crippen MR) is 84.3 cm³/mol. The van der Waals surface area contributed by atoms with Crippen LogP contribution in [0.4, 0.5) is 5.69 Å². The van der Waals surface area contributed by atoms with E-state index in [1.165, 1.54) is 0 Å². The molecule has 100 valence electrons. The molecule has 1 atom stereocenters. The molecule has 1 N–H and O–H groups in total. The number of hydrogen-bond acceptors (Lipinski definition) is 3. The van der Waals surface area contributed by atoms with Crippen LogP contribution in [-0.4, -0.2) is 22.7 Å². The third-order valence-electron chi connectivity index (χ3n) is 3.02. The highest BCUT2D eigenvalue weighted by Crippen LogP contribution is 2.24. The molecule has 4 heteroatoms. The van der Waals surface area contributed by atoms with Gasteiger partial charge in [-0.2, -0.15) is 0 Å². The smallest absolute Gasteiger partial charge is 0.250 e. The molecule has 0 aliphatic carbocycles. The molecule has 1 aliphatic heterocycles. The molecule has 0 radical (unpaired) electrons. The van der Waals surface area contributed by atoms with E-state index < -0.39 is 0 Å². The Hall–Kier alpha value is -2.07. The van der Waals surface area contributed by atoms with Crippen molar-refractivity contribution in [3.63, 3.8) is 0 Å². The molecule has 0 bridgehead atoms. The number of anilines is 1. The van der Waals surface area contributed by atoms with Crippen molar-refractivity contribution in [2.45, 2.75) is 6.04 Å². The number of thioether (sulfide) groups is 1. The number of amides is 1. The van der Waals surface area contributed by atoms with Crippen LogP contribution in [-0.2, 0) is 4.79 Å². The van der Waals surface area contributed by atoms with Crippen molar-refractivity contribution in [2.75, 3.05) is 11.1 Å². The zero-order valence-corrected chi connectivity index (χ0v) is 11.6. The van der Waals surface area contributed by atoms with E-state index in [9.17, 15) is 4.79 Å². The Bertz CT molecular complexity index is 625. The summed E-state index contributed by atoms with van der Waals surface area (Å²) in [5.74, 6) is 0.651. The maximum Gasteiger partial charge on any atom is 0.250 e. The van der Waals surface area contributed by atoms with Crippen molar-refractivity contribution in [3.05, 3.63) is 66.2 Å². The van der Waals surface area contributed by atoms with Crippen molar-refractivity contribution in [2.24, 2.45) is 4.99 Å². The summed E-state index contributed by atoms with van der Waals surface area (Å²) in [6.07, 6.45) is 0. The first kappa shape index (κ1) is 12.9. The number of carbonyl (C=O) groups excluding carboxylic acids is 1. The Morgan fingerprint density at radius 3 is 2.40 bits per heavy atom. The summed E-state index contributed by atoms with van der Waals surface area (Å²) >= 11 is 1.63. The van der Waals surface area contributed by atoms with Gasteiger partial charge in [0.2, 0.25) is 5.91 Å². The molecule has 2 aromatic carbocycles. The first-order valence-electron chi connectivity index (χ1n) is 6.45. The van der Waals surface area contributed by atoms with Crippen molar-refractivity contribution in [3.8, 4) is 0 Å². The van der Waals surface area contributed by atoms with E-state index in [0.29, 0.717) is 5.75 Å². The van der Waals surface area contributed by atoms with E-state index in [1.54, 1.807) is 11.8 Å². The lowest BCUT2D eigenvalue weighted by atomic mass is 10.2. The molecule has 3 rings (SSSR count). The van der Waals surface area contributed by atoms with Crippen LogP contribution >= 0.6 is 11.8 Å². The van der Waals surface area contributed by atoms with E-state index >= 15 is 0 Å². The summed E-state index contributed by atoms with van der Waals surface area (Å²) < 4.78 is 0. The molecule has 3 nitrogen and oxygen atoms in total. The average Bonchev–Trinajstić information content (AvgIpc) is 2.99. The van der Waals surface area contributed by atoms with Crippen LogP contribution in [0, 0.1) is 0 Å². The van der Waals surface area contributed by atoms with Crippen molar-refractivity contribution in [1.29, 1.82) is 0 Å². The SMILES string of the molecule is O=C(Nc1ccccc1)C1CSC(c2ccccc2)=N1. The van der Waals surface area contributed by atoms with Gasteiger partial charge in [0.25, 0.3) is 0 Å². The number of carbonyl (C=O) groups is 1. The summed E-state index contributed by atoms with van der Waals surface area (Å²) in [4.78, 5) is 16.7. The van der Waals surface area contributed by atoms with Gasteiger partial charge in [0.15, 0.2) is 0 Å². The molecule has 1 heterocycles. The van der Waals surface area contributed by atoms with Gasteiger partial charge in [-0.25, -0.2) is 0 Å². The Morgan fingerprint density at radius 1 is 1.05 bits per heavy atom. The van der Waals surface area contributed by atoms with Gasteiger partial charge in [0, 0.05) is 17.0 Å². The van der Waals surface area contributed by atoms with E-state index in [0.717, 1.165) is 16.3 Å². The number of nitrogens with zero attached hydrogens (tertiary/aromatic N) is 1. The maximum atomic E-state index is 12.2. The Morgan fingerprint density at radius 2 is 1.70 bits per heavy atom. The van der Waals surface area contributed by atoms with Gasteiger partial charge in [0.1, 0.15) is 6.04 Å². The minimum atomic E-state index is -0.310. The standard InChI is InChI=1S/C16H14N2OS/c19-15(17-13-9-5-2-6-10-13)14-11-20-16(18-14)12-7-3-1-4-8-12/h1-10,14H,11H2,(H,17,19). The van der Waals surface area contributed by atoms with Gasteiger partial charge in [-0.3, -0.25) is 9.79 Å². The highest BCUT2D eigenvalue weighted by molar-refractivity contribution is 8.14. The highest BCUT2D eigenvalue weighted by atomic mass is 32.2. The van der Waals surface area contributed by atoms with Crippen LogP contribution < -0.4 is 5.32 Å². The molecule has 1 unspecified atom stereocenters. The fourth-order valence-electron chi connectivity index (χ4n) is 1.99. The van der Waals surface area contributed by atoms with Gasteiger partial charge < -0.3 is 5.32 Å². The van der Waals surface area contributed by atoms with Crippen LogP contribution in [0.5, 0.6) is 0 Å². The molecular formula is C16H14N2OS. The third-order valence-corrected chi connectivity index (χ3v) is 4.11. The molecule has 20 heavy (non-hydrogen) atoms. The van der Waals surface area contributed by atoms with Crippen LogP contribution in [0.15, 0.2) is 65.7 Å². The van der Waals surface area contributed by atoms with E-state index in [1.807, 2.05) is 60.7 Å². The summed E-state index contributed by atoms with van der Waals surface area (Å²) in [5, 5.41) is 3.84. The van der Waals surface area contributed by atoms with Gasteiger partial charge in [-0.15, -0.1) is 11.8 Å². The fourth-order valence-corrected chi connectivity index (χ4v) is 3.04. The number of aliphatic imine (C=N–C) groups is 1. The number of rotatable bonds is 3. The fraction of sp³-hybridized carbons (Fsp3) is 0.125. The summed E-state index contributed by atoms with van der Waals surface area (Å²) in [5.41, 5.74) is 1.89. The topological polar surface area (TPSA) is 41.5 Å². The zero-order valence-electron chi connectivity index (χ0n) is 10.8. The molecule has 0 spiro atoms. The second-order valence-corrected chi connectivity index (χ2v) is 5.49. The molecule has 1 aliphatic rings. The van der Waals surface area contributed by atoms with Gasteiger partial charge in [-0.1, -0.05) is 48.5 Å². The van der Waals surface area contributed by atoms with Crippen molar-refractivity contribution >= 4 is 28.4 Å². The van der Waals surface area contributed by atoms with E-state index in [4.69, 9.17) is 0 Å². The second kappa shape index (κ2) is 5.92. The van der Waals surface area contributed by atoms with Crippen molar-refractivity contribution in [1.82, 2.24) is 0 Å². The molecule has 0 saturated heterocycles. The normalized spacial score (nSPS) is 17.6. The molecular weight excluding hydrogens is 268 g/mol. The first-order chi connectivity index (χ1) is 9.83. The average molecular weight is 282 g/mol. The van der Waals surface area contributed by atoms with Gasteiger partial charge in [-0.05, 0) is 12.1 Å². The number of para-hydroxylation sites is 1. The second-order valence-electron chi connectivity index (χ2n) is 4.48. The Balaban J connectivity index is 1.70. The Labute approximate surface area is 122 Å².